The first-order chi connectivity index (χ1) is 8.75. The molecule has 0 aliphatic heterocycles. The van der Waals surface area contributed by atoms with Crippen molar-refractivity contribution in [3.05, 3.63) is 49.6 Å². The van der Waals surface area contributed by atoms with Gasteiger partial charge < -0.3 is 0 Å². The van der Waals surface area contributed by atoms with Gasteiger partial charge in [0.2, 0.25) is 0 Å². The molecule has 0 radical (unpaired) electrons. The van der Waals surface area contributed by atoms with Crippen molar-refractivity contribution in [3.63, 3.8) is 0 Å². The van der Waals surface area contributed by atoms with Crippen LogP contribution in [-0.2, 0) is 12.6 Å². The van der Waals surface area contributed by atoms with Crippen molar-refractivity contribution in [2.45, 2.75) is 19.5 Å². The number of aromatic nitrogens is 1. The fourth-order valence-corrected chi connectivity index (χ4v) is 3.07. The normalized spacial score (nSPS) is 11.9. The highest BCUT2D eigenvalue weighted by molar-refractivity contribution is 9.11. The van der Waals surface area contributed by atoms with E-state index in [9.17, 15) is 17.6 Å². The van der Waals surface area contributed by atoms with E-state index >= 15 is 0 Å². The average Bonchev–Trinajstić information content (AvgIpc) is 2.55. The lowest BCUT2D eigenvalue weighted by atomic mass is 10.1. The number of benzene rings is 1. The van der Waals surface area contributed by atoms with Crippen LogP contribution in [0.4, 0.5) is 17.6 Å². The standard InChI is InChI=1S/C12H8BrF4NS/c1-6-11(13)19-10(18-6)4-7-2-8(12(15,16)17)5-9(14)3-7/h2-3,5H,4H2,1H3. The van der Waals surface area contributed by atoms with Crippen LogP contribution in [-0.4, -0.2) is 4.98 Å². The quantitative estimate of drug-likeness (QED) is 0.695. The van der Waals surface area contributed by atoms with Gasteiger partial charge in [-0.3, -0.25) is 0 Å². The molecule has 1 aromatic heterocycles. The van der Waals surface area contributed by atoms with Gasteiger partial charge in [0.05, 0.1) is 20.1 Å². The van der Waals surface area contributed by atoms with Gasteiger partial charge in [-0.15, -0.1) is 11.3 Å². The Morgan fingerprint density at radius 2 is 1.95 bits per heavy atom. The zero-order valence-corrected chi connectivity index (χ0v) is 12.1. The predicted molar refractivity (Wildman–Crippen MR) is 68.8 cm³/mol. The lowest BCUT2D eigenvalue weighted by Gasteiger charge is -2.08. The Kier molecular flexibility index (Phi) is 3.96. The molecule has 0 aliphatic carbocycles. The maximum atomic E-state index is 13.2. The lowest BCUT2D eigenvalue weighted by molar-refractivity contribution is -0.137. The summed E-state index contributed by atoms with van der Waals surface area (Å²) in [6.45, 7) is 1.79. The molecular weight excluding hydrogens is 346 g/mol. The molecule has 1 nitrogen and oxygen atoms in total. The predicted octanol–water partition coefficient (Wildman–Crippen LogP) is 4.96. The monoisotopic (exact) mass is 353 g/mol. The molecule has 0 N–H and O–H groups in total. The zero-order chi connectivity index (χ0) is 14.2. The minimum Gasteiger partial charge on any atom is -0.245 e. The molecule has 0 saturated heterocycles. The Balaban J connectivity index is 2.32. The van der Waals surface area contributed by atoms with E-state index in [-0.39, 0.29) is 12.0 Å². The van der Waals surface area contributed by atoms with Crippen molar-refractivity contribution in [3.8, 4) is 0 Å². The molecule has 0 fully saturated rings. The number of alkyl halides is 3. The first-order valence-electron chi connectivity index (χ1n) is 5.24. The second-order valence-corrected chi connectivity index (χ2v) is 6.39. The molecule has 1 heterocycles. The van der Waals surface area contributed by atoms with Crippen LogP contribution in [0.3, 0.4) is 0 Å². The van der Waals surface area contributed by atoms with E-state index in [1.54, 1.807) is 6.92 Å². The summed E-state index contributed by atoms with van der Waals surface area (Å²) >= 11 is 4.62. The van der Waals surface area contributed by atoms with Crippen LogP contribution < -0.4 is 0 Å². The third kappa shape index (κ3) is 3.54. The number of nitrogens with zero attached hydrogens (tertiary/aromatic N) is 1. The third-order valence-corrected chi connectivity index (χ3v) is 4.43. The molecule has 0 bridgehead atoms. The van der Waals surface area contributed by atoms with Crippen molar-refractivity contribution in [2.24, 2.45) is 0 Å². The van der Waals surface area contributed by atoms with Gasteiger partial charge in [0, 0.05) is 6.42 Å². The minimum absolute atomic E-state index is 0.179. The number of hydrogen-bond donors (Lipinski definition) is 0. The van der Waals surface area contributed by atoms with Crippen molar-refractivity contribution in [2.75, 3.05) is 0 Å². The smallest absolute Gasteiger partial charge is 0.245 e. The SMILES string of the molecule is Cc1nc(Cc2cc(F)cc(C(F)(F)F)c2)sc1Br. The molecule has 0 unspecified atom stereocenters. The van der Waals surface area contributed by atoms with Crippen LogP contribution in [0.25, 0.3) is 0 Å². The topological polar surface area (TPSA) is 12.9 Å². The van der Waals surface area contributed by atoms with E-state index < -0.39 is 17.6 Å². The van der Waals surface area contributed by atoms with Crippen LogP contribution in [0.2, 0.25) is 0 Å². The molecule has 102 valence electrons. The van der Waals surface area contributed by atoms with Gasteiger partial charge in [0.25, 0.3) is 0 Å². The second kappa shape index (κ2) is 5.20. The summed E-state index contributed by atoms with van der Waals surface area (Å²) in [4.78, 5) is 4.19. The lowest BCUT2D eigenvalue weighted by Crippen LogP contribution is -2.06. The molecule has 0 aliphatic rings. The highest BCUT2D eigenvalue weighted by atomic mass is 79.9. The number of halogens is 5. The second-order valence-electron chi connectivity index (χ2n) is 3.99. The van der Waals surface area contributed by atoms with Gasteiger partial charge in [0.1, 0.15) is 5.82 Å². The van der Waals surface area contributed by atoms with Crippen LogP contribution >= 0.6 is 27.3 Å². The van der Waals surface area contributed by atoms with Crippen molar-refractivity contribution < 1.29 is 17.6 Å². The summed E-state index contributed by atoms with van der Waals surface area (Å²) in [5.74, 6) is -0.892. The third-order valence-electron chi connectivity index (χ3n) is 2.42. The van der Waals surface area contributed by atoms with E-state index in [1.807, 2.05) is 0 Å². The summed E-state index contributed by atoms with van der Waals surface area (Å²) in [7, 11) is 0. The first kappa shape index (κ1) is 14.5. The summed E-state index contributed by atoms with van der Waals surface area (Å²) in [6, 6.07) is 2.54. The van der Waals surface area contributed by atoms with Crippen molar-refractivity contribution in [1.29, 1.82) is 0 Å². The maximum absolute atomic E-state index is 13.2. The molecule has 2 aromatic rings. The van der Waals surface area contributed by atoms with Crippen LogP contribution in [0.1, 0.15) is 21.8 Å². The fourth-order valence-electron chi connectivity index (χ4n) is 1.60. The zero-order valence-electron chi connectivity index (χ0n) is 9.68. The number of rotatable bonds is 2. The Morgan fingerprint density at radius 3 is 2.47 bits per heavy atom. The summed E-state index contributed by atoms with van der Waals surface area (Å²) in [5.41, 5.74) is 0.0517. The van der Waals surface area contributed by atoms with E-state index in [4.69, 9.17) is 0 Å². The van der Waals surface area contributed by atoms with Crippen LogP contribution in [0.15, 0.2) is 22.0 Å². The van der Waals surface area contributed by atoms with Crippen LogP contribution in [0.5, 0.6) is 0 Å². The van der Waals surface area contributed by atoms with Gasteiger partial charge in [-0.1, -0.05) is 0 Å². The molecule has 0 atom stereocenters. The molecule has 2 rings (SSSR count). The van der Waals surface area contributed by atoms with Gasteiger partial charge in [-0.05, 0) is 46.6 Å². The fraction of sp³-hybridized carbons (Fsp3) is 0.250. The molecule has 0 amide bonds. The minimum atomic E-state index is -4.55. The van der Waals surface area contributed by atoms with Crippen LogP contribution in [0, 0.1) is 12.7 Å². The molecule has 0 spiro atoms. The highest BCUT2D eigenvalue weighted by Crippen LogP contribution is 2.32. The molecule has 0 saturated carbocycles. The van der Waals surface area contributed by atoms with E-state index in [0.717, 1.165) is 21.6 Å². The molecule has 19 heavy (non-hydrogen) atoms. The van der Waals surface area contributed by atoms with Gasteiger partial charge in [-0.25, -0.2) is 9.37 Å². The Morgan fingerprint density at radius 1 is 1.26 bits per heavy atom. The van der Waals surface area contributed by atoms with Gasteiger partial charge >= 0.3 is 6.18 Å². The number of hydrogen-bond acceptors (Lipinski definition) is 2. The number of thiazole rings is 1. The summed E-state index contributed by atoms with van der Waals surface area (Å²) in [5, 5.41) is 0.642. The number of aryl methyl sites for hydroxylation is 1. The van der Waals surface area contributed by atoms with E-state index in [1.165, 1.54) is 11.3 Å². The van der Waals surface area contributed by atoms with E-state index in [2.05, 4.69) is 20.9 Å². The van der Waals surface area contributed by atoms with Crippen molar-refractivity contribution >= 4 is 27.3 Å². The molecule has 7 heteroatoms. The largest absolute Gasteiger partial charge is 0.416 e. The first-order valence-corrected chi connectivity index (χ1v) is 6.85. The van der Waals surface area contributed by atoms with Crippen molar-refractivity contribution in [1.82, 2.24) is 4.98 Å². The summed E-state index contributed by atoms with van der Waals surface area (Å²) < 4.78 is 51.8. The highest BCUT2D eigenvalue weighted by Gasteiger charge is 2.31. The van der Waals surface area contributed by atoms with E-state index in [0.29, 0.717) is 11.1 Å². The summed E-state index contributed by atoms with van der Waals surface area (Å²) in [6.07, 6.45) is -4.37. The molecular formula is C12H8BrF4NS. The van der Waals surface area contributed by atoms with Gasteiger partial charge in [-0.2, -0.15) is 13.2 Å². The Labute approximate surface area is 119 Å². The maximum Gasteiger partial charge on any atom is 0.416 e. The molecule has 1 aromatic carbocycles. The Bertz CT molecular complexity index is 587. The van der Waals surface area contributed by atoms with Gasteiger partial charge in [0.15, 0.2) is 0 Å². The Hall–Kier alpha value is -0.950. The average molecular weight is 354 g/mol.